The van der Waals surface area contributed by atoms with Gasteiger partial charge < -0.3 is 16.3 Å². The van der Waals surface area contributed by atoms with Crippen LogP contribution in [-0.4, -0.2) is 17.0 Å². The summed E-state index contributed by atoms with van der Waals surface area (Å²) in [7, 11) is 0. The van der Waals surface area contributed by atoms with E-state index in [9.17, 15) is 4.79 Å². The van der Waals surface area contributed by atoms with Crippen molar-refractivity contribution in [1.29, 1.82) is 0 Å². The van der Waals surface area contributed by atoms with Crippen LogP contribution < -0.4 is 11.1 Å². The molecule has 1 amide bonds. The van der Waals surface area contributed by atoms with Crippen molar-refractivity contribution < 1.29 is 10.0 Å². The molecule has 108 valence electrons. The average molecular weight is 348 g/mol. The van der Waals surface area contributed by atoms with Crippen LogP contribution in [0.25, 0.3) is 0 Å². The molecule has 5 nitrogen and oxygen atoms in total. The molecule has 2 aromatic carbocycles. The van der Waals surface area contributed by atoms with E-state index < -0.39 is 0 Å². The molecule has 4 N–H and O–H groups in total. The van der Waals surface area contributed by atoms with E-state index in [0.717, 1.165) is 10.0 Å². The van der Waals surface area contributed by atoms with E-state index in [1.807, 2.05) is 19.1 Å². The molecule has 0 unspecified atom stereocenters. The zero-order valence-electron chi connectivity index (χ0n) is 11.3. The number of amidine groups is 1. The summed E-state index contributed by atoms with van der Waals surface area (Å²) in [6.45, 7) is 1.96. The molecule has 0 atom stereocenters. The molecular formula is C15H14BrN3O2. The number of carbonyl (C=O) groups is 1. The van der Waals surface area contributed by atoms with Gasteiger partial charge in [0.05, 0.1) is 5.56 Å². The van der Waals surface area contributed by atoms with Crippen molar-refractivity contribution >= 4 is 33.4 Å². The van der Waals surface area contributed by atoms with Crippen LogP contribution in [0.5, 0.6) is 0 Å². The highest BCUT2D eigenvalue weighted by molar-refractivity contribution is 9.10. The monoisotopic (exact) mass is 347 g/mol. The molecule has 21 heavy (non-hydrogen) atoms. The van der Waals surface area contributed by atoms with Gasteiger partial charge in [0.15, 0.2) is 5.84 Å². The van der Waals surface area contributed by atoms with Crippen LogP contribution in [0.3, 0.4) is 0 Å². The van der Waals surface area contributed by atoms with Crippen LogP contribution >= 0.6 is 15.9 Å². The zero-order chi connectivity index (χ0) is 15.4. The van der Waals surface area contributed by atoms with Crippen molar-refractivity contribution in [2.75, 3.05) is 5.32 Å². The minimum absolute atomic E-state index is 0.0224. The number of aryl methyl sites for hydroxylation is 1. The molecule has 0 fully saturated rings. The molecule has 0 saturated carbocycles. The van der Waals surface area contributed by atoms with Crippen LogP contribution in [0, 0.1) is 6.92 Å². The minimum Gasteiger partial charge on any atom is -0.409 e. The van der Waals surface area contributed by atoms with Crippen LogP contribution in [0.2, 0.25) is 0 Å². The molecule has 0 radical (unpaired) electrons. The maximum atomic E-state index is 12.2. The standard InChI is InChI=1S/C15H14BrN3O2/c1-9-2-7-12(13(16)8-9)15(20)18-11-5-3-10(4-6-11)14(17)19-21/h2-8,21H,1H3,(H2,17,19)(H,18,20). The third-order valence-corrected chi connectivity index (χ3v) is 3.57. The number of anilines is 1. The van der Waals surface area contributed by atoms with E-state index in [-0.39, 0.29) is 11.7 Å². The second-order valence-electron chi connectivity index (χ2n) is 4.50. The number of halogens is 1. The summed E-state index contributed by atoms with van der Waals surface area (Å²) in [5, 5.41) is 14.3. The van der Waals surface area contributed by atoms with E-state index in [1.54, 1.807) is 30.3 Å². The zero-order valence-corrected chi connectivity index (χ0v) is 12.9. The first kappa shape index (κ1) is 15.1. The van der Waals surface area contributed by atoms with Gasteiger partial charge in [0.1, 0.15) is 0 Å². The van der Waals surface area contributed by atoms with E-state index >= 15 is 0 Å². The number of nitrogens with two attached hydrogens (primary N) is 1. The second-order valence-corrected chi connectivity index (χ2v) is 5.35. The SMILES string of the molecule is Cc1ccc(C(=O)Nc2ccc(/C(N)=N/O)cc2)c(Br)c1. The van der Waals surface area contributed by atoms with Crippen LogP contribution in [0.1, 0.15) is 21.5 Å². The lowest BCUT2D eigenvalue weighted by Gasteiger charge is -2.08. The maximum absolute atomic E-state index is 12.2. The molecule has 0 bridgehead atoms. The molecule has 0 aliphatic heterocycles. The molecule has 0 aliphatic carbocycles. The third kappa shape index (κ3) is 3.61. The number of carbonyl (C=O) groups excluding carboxylic acids is 1. The van der Waals surface area contributed by atoms with Crippen LogP contribution in [0.15, 0.2) is 52.1 Å². The fourth-order valence-electron chi connectivity index (χ4n) is 1.78. The number of benzene rings is 2. The summed E-state index contributed by atoms with van der Waals surface area (Å²) in [6.07, 6.45) is 0. The Bertz CT molecular complexity index is 697. The van der Waals surface area contributed by atoms with Crippen molar-refractivity contribution in [1.82, 2.24) is 0 Å². The van der Waals surface area contributed by atoms with Crippen molar-refractivity contribution in [2.45, 2.75) is 6.92 Å². The summed E-state index contributed by atoms with van der Waals surface area (Å²) in [5.74, 6) is -0.187. The number of amides is 1. The first-order valence-corrected chi connectivity index (χ1v) is 6.96. The van der Waals surface area contributed by atoms with Gasteiger partial charge in [-0.1, -0.05) is 11.2 Å². The molecule has 0 heterocycles. The Morgan fingerprint density at radius 1 is 1.24 bits per heavy atom. The molecule has 6 heteroatoms. The van der Waals surface area contributed by atoms with Crippen molar-refractivity contribution in [2.24, 2.45) is 10.9 Å². The Hall–Kier alpha value is -2.34. The lowest BCUT2D eigenvalue weighted by Crippen LogP contribution is -2.14. The predicted molar refractivity (Wildman–Crippen MR) is 85.8 cm³/mol. The number of nitrogens with one attached hydrogen (secondary N) is 1. The molecule has 0 aliphatic rings. The minimum atomic E-state index is -0.210. The molecule has 0 aromatic heterocycles. The number of hydrogen-bond acceptors (Lipinski definition) is 3. The van der Waals surface area contributed by atoms with E-state index in [1.165, 1.54) is 0 Å². The Morgan fingerprint density at radius 2 is 1.90 bits per heavy atom. The summed E-state index contributed by atoms with van der Waals surface area (Å²) in [4.78, 5) is 12.2. The van der Waals surface area contributed by atoms with Gasteiger partial charge in [0.2, 0.25) is 0 Å². The van der Waals surface area contributed by atoms with E-state index in [0.29, 0.717) is 16.8 Å². The Morgan fingerprint density at radius 3 is 2.48 bits per heavy atom. The predicted octanol–water partition coefficient (Wildman–Crippen LogP) is 3.10. The van der Waals surface area contributed by atoms with Gasteiger partial charge in [0.25, 0.3) is 5.91 Å². The molecular weight excluding hydrogens is 334 g/mol. The normalized spacial score (nSPS) is 11.2. The van der Waals surface area contributed by atoms with Crippen molar-refractivity contribution in [3.05, 3.63) is 63.6 Å². The van der Waals surface area contributed by atoms with Gasteiger partial charge in [-0.15, -0.1) is 0 Å². The topological polar surface area (TPSA) is 87.7 Å². The number of rotatable bonds is 3. The lowest BCUT2D eigenvalue weighted by atomic mass is 10.1. The van der Waals surface area contributed by atoms with E-state index in [2.05, 4.69) is 26.4 Å². The van der Waals surface area contributed by atoms with Crippen LogP contribution in [-0.2, 0) is 0 Å². The fraction of sp³-hybridized carbons (Fsp3) is 0.0667. The van der Waals surface area contributed by atoms with Gasteiger partial charge in [-0.2, -0.15) is 0 Å². The number of hydrogen-bond donors (Lipinski definition) is 3. The summed E-state index contributed by atoms with van der Waals surface area (Å²) >= 11 is 3.38. The smallest absolute Gasteiger partial charge is 0.256 e. The van der Waals surface area contributed by atoms with Crippen LogP contribution in [0.4, 0.5) is 5.69 Å². The largest absolute Gasteiger partial charge is 0.409 e. The van der Waals surface area contributed by atoms with E-state index in [4.69, 9.17) is 10.9 Å². The first-order valence-electron chi connectivity index (χ1n) is 6.16. The van der Waals surface area contributed by atoms with Gasteiger partial charge in [-0.05, 0) is 64.8 Å². The second kappa shape index (κ2) is 6.41. The summed E-state index contributed by atoms with van der Waals surface area (Å²) < 4.78 is 0.744. The average Bonchev–Trinajstić information content (AvgIpc) is 2.47. The fourth-order valence-corrected chi connectivity index (χ4v) is 2.46. The molecule has 2 aromatic rings. The Kier molecular flexibility index (Phi) is 4.59. The van der Waals surface area contributed by atoms with Crippen molar-refractivity contribution in [3.8, 4) is 0 Å². The number of nitrogens with zero attached hydrogens (tertiary/aromatic N) is 1. The number of oxime groups is 1. The van der Waals surface area contributed by atoms with Gasteiger partial charge in [0, 0.05) is 15.7 Å². The highest BCUT2D eigenvalue weighted by atomic mass is 79.9. The third-order valence-electron chi connectivity index (χ3n) is 2.92. The molecule has 0 spiro atoms. The highest BCUT2D eigenvalue weighted by Crippen LogP contribution is 2.20. The highest BCUT2D eigenvalue weighted by Gasteiger charge is 2.10. The maximum Gasteiger partial charge on any atom is 0.256 e. The first-order chi connectivity index (χ1) is 10.0. The van der Waals surface area contributed by atoms with Gasteiger partial charge >= 0.3 is 0 Å². The van der Waals surface area contributed by atoms with Crippen molar-refractivity contribution in [3.63, 3.8) is 0 Å². The quantitative estimate of drug-likeness (QED) is 0.345. The summed E-state index contributed by atoms with van der Waals surface area (Å²) in [6, 6.07) is 12.2. The summed E-state index contributed by atoms with van der Waals surface area (Å²) in [5.41, 5.74) is 8.31. The Balaban J connectivity index is 2.16. The van der Waals surface area contributed by atoms with Gasteiger partial charge in [-0.3, -0.25) is 4.79 Å². The lowest BCUT2D eigenvalue weighted by molar-refractivity contribution is 0.102. The molecule has 2 rings (SSSR count). The molecule has 0 saturated heterocycles. The van der Waals surface area contributed by atoms with Gasteiger partial charge in [-0.25, -0.2) is 0 Å². The Labute approximate surface area is 130 Å².